The minimum Gasteiger partial charge on any atom is -0.494 e. The number of nitrogens with one attached hydrogen (secondary N) is 2. The first-order valence-corrected chi connectivity index (χ1v) is 12.8. The molecule has 2 aromatic carbocycles. The molecule has 2 N–H and O–H groups in total. The average Bonchev–Trinajstić information content (AvgIpc) is 3.31. The van der Waals surface area contributed by atoms with E-state index in [0.29, 0.717) is 36.5 Å². The fourth-order valence-electron chi connectivity index (χ4n) is 5.09. The van der Waals surface area contributed by atoms with Crippen LogP contribution in [0.2, 0.25) is 0 Å². The normalized spacial score (nSPS) is 17.9. The first-order chi connectivity index (χ1) is 18.7. The Morgan fingerprint density at radius 1 is 1.13 bits per heavy atom. The van der Waals surface area contributed by atoms with E-state index >= 15 is 0 Å². The maximum absolute atomic E-state index is 13.7. The SMILES string of the molecule is COc1cc(NC(=O)C2CCCN(C)C2)ccc1Nc1ncc(C(F)(F)F)c(OC2Cc3ccccc3C2)n1. The fraction of sp³-hybridized carbons (Fsp3) is 0.393. The zero-order valence-electron chi connectivity index (χ0n) is 21.7. The molecule has 206 valence electrons. The van der Waals surface area contributed by atoms with Gasteiger partial charge in [0.2, 0.25) is 17.7 Å². The molecule has 11 heteroatoms. The van der Waals surface area contributed by atoms with E-state index in [0.717, 1.165) is 36.7 Å². The van der Waals surface area contributed by atoms with Crippen molar-refractivity contribution in [3.8, 4) is 11.6 Å². The van der Waals surface area contributed by atoms with Crippen LogP contribution in [-0.4, -0.2) is 54.1 Å². The molecule has 1 aliphatic heterocycles. The fourth-order valence-corrected chi connectivity index (χ4v) is 5.09. The Morgan fingerprint density at radius 2 is 1.87 bits per heavy atom. The monoisotopic (exact) mass is 541 g/mol. The number of benzene rings is 2. The molecule has 0 radical (unpaired) electrons. The van der Waals surface area contributed by atoms with Crippen molar-refractivity contribution in [1.82, 2.24) is 14.9 Å². The van der Waals surface area contributed by atoms with Crippen LogP contribution in [0.5, 0.6) is 11.6 Å². The molecule has 8 nitrogen and oxygen atoms in total. The van der Waals surface area contributed by atoms with Gasteiger partial charge in [-0.25, -0.2) is 4.98 Å². The Morgan fingerprint density at radius 3 is 2.54 bits per heavy atom. The lowest BCUT2D eigenvalue weighted by Gasteiger charge is -2.28. The van der Waals surface area contributed by atoms with E-state index in [1.807, 2.05) is 31.3 Å². The highest BCUT2D eigenvalue weighted by Gasteiger charge is 2.37. The molecule has 3 aromatic rings. The number of amides is 1. The topological polar surface area (TPSA) is 88.6 Å². The van der Waals surface area contributed by atoms with Crippen LogP contribution in [0.3, 0.4) is 0 Å². The Hall–Kier alpha value is -3.86. The van der Waals surface area contributed by atoms with Gasteiger partial charge < -0.3 is 25.0 Å². The summed E-state index contributed by atoms with van der Waals surface area (Å²) in [6.45, 7) is 1.68. The highest BCUT2D eigenvalue weighted by molar-refractivity contribution is 5.93. The van der Waals surface area contributed by atoms with E-state index in [1.54, 1.807) is 18.2 Å². The lowest BCUT2D eigenvalue weighted by Crippen LogP contribution is -2.38. The summed E-state index contributed by atoms with van der Waals surface area (Å²) < 4.78 is 52.4. The van der Waals surface area contributed by atoms with Gasteiger partial charge in [0.15, 0.2) is 0 Å². The van der Waals surface area contributed by atoms with Crippen molar-refractivity contribution in [2.24, 2.45) is 5.92 Å². The van der Waals surface area contributed by atoms with Crippen LogP contribution in [0.1, 0.15) is 29.5 Å². The summed E-state index contributed by atoms with van der Waals surface area (Å²) >= 11 is 0. The molecule has 1 aliphatic carbocycles. The third-order valence-corrected chi connectivity index (χ3v) is 7.06. The molecule has 1 atom stereocenters. The number of alkyl halides is 3. The van der Waals surface area contributed by atoms with E-state index in [-0.39, 0.29) is 17.8 Å². The van der Waals surface area contributed by atoms with Gasteiger partial charge in [-0.2, -0.15) is 18.2 Å². The molecule has 39 heavy (non-hydrogen) atoms. The number of halogens is 3. The van der Waals surface area contributed by atoms with Crippen LogP contribution < -0.4 is 20.1 Å². The van der Waals surface area contributed by atoms with Crippen molar-refractivity contribution >= 4 is 23.2 Å². The minimum absolute atomic E-state index is 0.0637. The second-order valence-corrected chi connectivity index (χ2v) is 9.96. The van der Waals surface area contributed by atoms with Gasteiger partial charge in [-0.1, -0.05) is 24.3 Å². The molecule has 0 spiro atoms. The molecular formula is C28H30F3N5O3. The number of methoxy groups -OCH3 is 1. The van der Waals surface area contributed by atoms with Gasteiger partial charge in [0, 0.05) is 37.3 Å². The Labute approximate surface area is 224 Å². The van der Waals surface area contributed by atoms with Gasteiger partial charge in [-0.15, -0.1) is 0 Å². The maximum Gasteiger partial charge on any atom is 0.423 e. The number of carbonyl (C=O) groups excluding carboxylic acids is 1. The average molecular weight is 542 g/mol. The number of aromatic nitrogens is 2. The molecule has 2 heterocycles. The number of piperidine rings is 1. The number of hydrogen-bond donors (Lipinski definition) is 2. The Kier molecular flexibility index (Phi) is 7.60. The van der Waals surface area contributed by atoms with Gasteiger partial charge in [0.05, 0.1) is 18.7 Å². The van der Waals surface area contributed by atoms with Crippen LogP contribution in [0.25, 0.3) is 0 Å². The molecule has 1 amide bonds. The highest BCUT2D eigenvalue weighted by atomic mass is 19.4. The van der Waals surface area contributed by atoms with Crippen LogP contribution in [-0.2, 0) is 23.8 Å². The lowest BCUT2D eigenvalue weighted by atomic mass is 9.97. The van der Waals surface area contributed by atoms with E-state index in [9.17, 15) is 18.0 Å². The van der Waals surface area contributed by atoms with Gasteiger partial charge in [-0.3, -0.25) is 4.79 Å². The predicted octanol–water partition coefficient (Wildman–Crippen LogP) is 5.07. The molecule has 1 fully saturated rings. The van der Waals surface area contributed by atoms with E-state index < -0.39 is 23.7 Å². The molecular weight excluding hydrogens is 511 g/mol. The smallest absolute Gasteiger partial charge is 0.423 e. The first-order valence-electron chi connectivity index (χ1n) is 12.8. The summed E-state index contributed by atoms with van der Waals surface area (Å²) in [5.41, 5.74) is 2.04. The number of carbonyl (C=O) groups is 1. The molecule has 0 bridgehead atoms. The molecule has 5 rings (SSSR count). The van der Waals surface area contributed by atoms with Crippen molar-refractivity contribution in [2.75, 3.05) is 37.9 Å². The zero-order valence-corrected chi connectivity index (χ0v) is 21.7. The summed E-state index contributed by atoms with van der Waals surface area (Å²) in [6, 6.07) is 12.7. The third kappa shape index (κ3) is 6.25. The van der Waals surface area contributed by atoms with Gasteiger partial charge >= 0.3 is 6.18 Å². The second kappa shape index (κ2) is 11.1. The molecule has 0 saturated carbocycles. The molecule has 1 saturated heterocycles. The van der Waals surface area contributed by atoms with Gasteiger partial charge in [0.25, 0.3) is 0 Å². The van der Waals surface area contributed by atoms with Gasteiger partial charge in [0.1, 0.15) is 17.4 Å². The maximum atomic E-state index is 13.7. The van der Waals surface area contributed by atoms with Gasteiger partial charge in [-0.05, 0) is 49.7 Å². The zero-order chi connectivity index (χ0) is 27.6. The van der Waals surface area contributed by atoms with Crippen molar-refractivity contribution in [3.05, 3.63) is 65.4 Å². The quantitative estimate of drug-likeness (QED) is 0.432. The number of fused-ring (bicyclic) bond motifs is 1. The summed E-state index contributed by atoms with van der Waals surface area (Å²) in [5.74, 6) is -0.400. The van der Waals surface area contributed by atoms with Crippen molar-refractivity contribution < 1.29 is 27.4 Å². The Bertz CT molecular complexity index is 1330. The Balaban J connectivity index is 1.32. The standard InChI is InChI=1S/C28H30F3N5O3/c1-36-11-5-8-19(16-36)25(37)33-20-9-10-23(24(14-20)38-2)34-27-32-15-22(28(29,30)31)26(35-27)39-21-12-17-6-3-4-7-18(17)13-21/h3-4,6-7,9-10,14-15,19,21H,5,8,11-13,16H2,1-2H3,(H,33,37)(H,32,34,35). The van der Waals surface area contributed by atoms with E-state index in [1.165, 1.54) is 7.11 Å². The minimum atomic E-state index is -4.68. The molecule has 1 unspecified atom stereocenters. The summed E-state index contributed by atoms with van der Waals surface area (Å²) in [7, 11) is 3.46. The predicted molar refractivity (Wildman–Crippen MR) is 140 cm³/mol. The van der Waals surface area contributed by atoms with Crippen molar-refractivity contribution in [2.45, 2.75) is 38.0 Å². The number of likely N-dealkylation sites (tertiary alicyclic amines) is 1. The number of ether oxygens (including phenoxy) is 2. The summed E-state index contributed by atoms with van der Waals surface area (Å²) in [4.78, 5) is 22.8. The van der Waals surface area contributed by atoms with Crippen LogP contribution in [0.15, 0.2) is 48.7 Å². The lowest BCUT2D eigenvalue weighted by molar-refractivity contribution is -0.139. The number of nitrogens with zero attached hydrogens (tertiary/aromatic N) is 3. The van der Waals surface area contributed by atoms with E-state index in [2.05, 4.69) is 25.5 Å². The third-order valence-electron chi connectivity index (χ3n) is 7.06. The van der Waals surface area contributed by atoms with Crippen LogP contribution >= 0.6 is 0 Å². The van der Waals surface area contributed by atoms with E-state index in [4.69, 9.17) is 9.47 Å². The van der Waals surface area contributed by atoms with Crippen LogP contribution in [0, 0.1) is 5.92 Å². The number of hydrogen-bond acceptors (Lipinski definition) is 7. The van der Waals surface area contributed by atoms with Crippen LogP contribution in [0.4, 0.5) is 30.5 Å². The first kappa shape index (κ1) is 26.7. The molecule has 2 aliphatic rings. The summed E-state index contributed by atoms with van der Waals surface area (Å²) in [5, 5.41) is 5.85. The second-order valence-electron chi connectivity index (χ2n) is 9.96. The number of anilines is 3. The highest BCUT2D eigenvalue weighted by Crippen LogP contribution is 2.38. The largest absolute Gasteiger partial charge is 0.494 e. The summed E-state index contributed by atoms with van der Waals surface area (Å²) in [6.07, 6.45) is -1.63. The van der Waals surface area contributed by atoms with Crippen molar-refractivity contribution in [3.63, 3.8) is 0 Å². The molecule has 1 aromatic heterocycles. The number of rotatable bonds is 7. The van der Waals surface area contributed by atoms with Crippen molar-refractivity contribution in [1.29, 1.82) is 0 Å².